The van der Waals surface area contributed by atoms with E-state index in [0.29, 0.717) is 29.6 Å². The fourth-order valence-corrected chi connectivity index (χ4v) is 2.43. The van der Waals surface area contributed by atoms with E-state index in [-0.39, 0.29) is 0 Å². The summed E-state index contributed by atoms with van der Waals surface area (Å²) < 4.78 is 15.9. The van der Waals surface area contributed by atoms with Gasteiger partial charge < -0.3 is 19.3 Å². The minimum Gasteiger partial charge on any atom is -0.496 e. The van der Waals surface area contributed by atoms with Crippen LogP contribution in [0.25, 0.3) is 0 Å². The van der Waals surface area contributed by atoms with Crippen LogP contribution in [0.4, 0.5) is 0 Å². The average molecular weight is 282 g/mol. The van der Waals surface area contributed by atoms with E-state index >= 15 is 0 Å². The Kier molecular flexibility index (Phi) is 6.65. The van der Waals surface area contributed by atoms with E-state index in [1.807, 2.05) is 0 Å². The third-order valence-electron chi connectivity index (χ3n) is 3.50. The first-order chi connectivity index (χ1) is 9.57. The normalized spacial score (nSPS) is 13.7. The van der Waals surface area contributed by atoms with Gasteiger partial charge in [0, 0.05) is 11.6 Å². The van der Waals surface area contributed by atoms with Crippen LogP contribution in [0.5, 0.6) is 17.2 Å². The van der Waals surface area contributed by atoms with Gasteiger partial charge >= 0.3 is 0 Å². The third kappa shape index (κ3) is 4.04. The fourth-order valence-electron chi connectivity index (χ4n) is 2.43. The van der Waals surface area contributed by atoms with Gasteiger partial charge in [0.15, 0.2) is 11.5 Å². The summed E-state index contributed by atoms with van der Waals surface area (Å²) in [5.41, 5.74) is 0.744. The van der Waals surface area contributed by atoms with Crippen molar-refractivity contribution in [2.75, 3.05) is 21.3 Å². The molecular weight excluding hydrogens is 256 g/mol. The second-order valence-corrected chi connectivity index (χ2v) is 5.09. The Labute approximate surface area is 121 Å². The van der Waals surface area contributed by atoms with Gasteiger partial charge in [-0.3, -0.25) is 0 Å². The molecule has 1 rings (SSSR count). The minimum absolute atomic E-state index is 0.466. The van der Waals surface area contributed by atoms with Gasteiger partial charge in [0.1, 0.15) is 5.75 Å². The molecule has 0 amide bonds. The van der Waals surface area contributed by atoms with Gasteiger partial charge in [-0.15, -0.1) is 0 Å². The van der Waals surface area contributed by atoms with Crippen molar-refractivity contribution < 1.29 is 19.3 Å². The topological polar surface area (TPSA) is 47.9 Å². The highest BCUT2D eigenvalue weighted by atomic mass is 16.5. The predicted octanol–water partition coefficient (Wildman–Crippen LogP) is 3.57. The molecule has 114 valence electrons. The summed E-state index contributed by atoms with van der Waals surface area (Å²) in [6, 6.07) is 3.54. The summed E-state index contributed by atoms with van der Waals surface area (Å²) in [5, 5.41) is 10.4. The van der Waals surface area contributed by atoms with Gasteiger partial charge in [-0.25, -0.2) is 0 Å². The van der Waals surface area contributed by atoms with Crippen molar-refractivity contribution in [2.45, 2.75) is 39.2 Å². The van der Waals surface area contributed by atoms with E-state index in [9.17, 15) is 5.11 Å². The molecule has 2 atom stereocenters. The smallest absolute Gasteiger partial charge is 0.164 e. The molecule has 0 aliphatic carbocycles. The number of aliphatic hydroxyl groups excluding tert-OH is 1. The number of aliphatic hydroxyl groups is 1. The Morgan fingerprint density at radius 2 is 1.55 bits per heavy atom. The molecule has 0 aromatic heterocycles. The molecule has 0 aliphatic heterocycles. The molecule has 0 fully saturated rings. The Bertz CT molecular complexity index is 417. The lowest BCUT2D eigenvalue weighted by molar-refractivity contribution is 0.141. The van der Waals surface area contributed by atoms with Crippen LogP contribution in [0.15, 0.2) is 12.1 Å². The Morgan fingerprint density at radius 1 is 1.00 bits per heavy atom. The Hall–Kier alpha value is -1.42. The highest BCUT2D eigenvalue weighted by Gasteiger charge is 2.19. The van der Waals surface area contributed by atoms with E-state index in [2.05, 4.69) is 13.8 Å². The van der Waals surface area contributed by atoms with Crippen molar-refractivity contribution in [1.29, 1.82) is 0 Å². The highest BCUT2D eigenvalue weighted by molar-refractivity contribution is 5.51. The first-order valence-corrected chi connectivity index (χ1v) is 7.05. The lowest BCUT2D eigenvalue weighted by atomic mass is 9.94. The lowest BCUT2D eigenvalue weighted by Gasteiger charge is -2.20. The molecule has 20 heavy (non-hydrogen) atoms. The molecule has 0 spiro atoms. The molecule has 0 bridgehead atoms. The maximum Gasteiger partial charge on any atom is 0.164 e. The summed E-state index contributed by atoms with van der Waals surface area (Å²) in [5.74, 6) is 2.29. The molecule has 0 radical (unpaired) electrons. The van der Waals surface area contributed by atoms with Crippen LogP contribution >= 0.6 is 0 Å². The van der Waals surface area contributed by atoms with E-state index in [0.717, 1.165) is 18.4 Å². The second kappa shape index (κ2) is 8.00. The number of hydrogen-bond donors (Lipinski definition) is 1. The maximum absolute atomic E-state index is 10.4. The third-order valence-corrected chi connectivity index (χ3v) is 3.50. The molecule has 1 aromatic carbocycles. The van der Waals surface area contributed by atoms with Crippen molar-refractivity contribution in [3.8, 4) is 17.2 Å². The first kappa shape index (κ1) is 16.6. The zero-order valence-electron chi connectivity index (χ0n) is 13.1. The quantitative estimate of drug-likeness (QED) is 0.792. The van der Waals surface area contributed by atoms with E-state index < -0.39 is 6.10 Å². The van der Waals surface area contributed by atoms with E-state index in [4.69, 9.17) is 14.2 Å². The zero-order valence-corrected chi connectivity index (χ0v) is 13.1. The molecule has 4 heteroatoms. The van der Waals surface area contributed by atoms with Crippen molar-refractivity contribution in [3.05, 3.63) is 17.7 Å². The second-order valence-electron chi connectivity index (χ2n) is 5.09. The van der Waals surface area contributed by atoms with Crippen molar-refractivity contribution >= 4 is 0 Å². The molecule has 1 N–H and O–H groups in total. The van der Waals surface area contributed by atoms with Crippen molar-refractivity contribution in [2.24, 2.45) is 5.92 Å². The van der Waals surface area contributed by atoms with Gasteiger partial charge in [0.05, 0.1) is 27.4 Å². The molecule has 1 aromatic rings. The van der Waals surface area contributed by atoms with E-state index in [1.54, 1.807) is 33.5 Å². The summed E-state index contributed by atoms with van der Waals surface area (Å²) >= 11 is 0. The van der Waals surface area contributed by atoms with Crippen molar-refractivity contribution in [1.82, 2.24) is 0 Å². The SMILES string of the molecule is CCCC(C)CC(O)c1cc(OC)c(OC)cc1OC. The molecule has 0 heterocycles. The van der Waals surface area contributed by atoms with Gasteiger partial charge in [0.25, 0.3) is 0 Å². The van der Waals surface area contributed by atoms with Crippen LogP contribution in [0.1, 0.15) is 44.8 Å². The highest BCUT2D eigenvalue weighted by Crippen LogP contribution is 2.39. The fraction of sp³-hybridized carbons (Fsp3) is 0.625. The maximum atomic E-state index is 10.4. The van der Waals surface area contributed by atoms with Crippen LogP contribution < -0.4 is 14.2 Å². The van der Waals surface area contributed by atoms with Crippen LogP contribution in [0.3, 0.4) is 0 Å². The summed E-state index contributed by atoms with van der Waals surface area (Å²) in [4.78, 5) is 0. The zero-order chi connectivity index (χ0) is 15.1. The predicted molar refractivity (Wildman–Crippen MR) is 79.7 cm³/mol. The average Bonchev–Trinajstić information content (AvgIpc) is 2.45. The number of ether oxygens (including phenoxy) is 3. The van der Waals surface area contributed by atoms with Crippen LogP contribution in [-0.4, -0.2) is 26.4 Å². The monoisotopic (exact) mass is 282 g/mol. The lowest BCUT2D eigenvalue weighted by Crippen LogP contribution is -2.07. The number of benzene rings is 1. The summed E-state index contributed by atoms with van der Waals surface area (Å²) in [6.07, 6.45) is 2.37. The number of methoxy groups -OCH3 is 3. The molecule has 4 nitrogen and oxygen atoms in total. The summed E-state index contributed by atoms with van der Waals surface area (Å²) in [6.45, 7) is 4.31. The van der Waals surface area contributed by atoms with Crippen LogP contribution in [-0.2, 0) is 0 Å². The van der Waals surface area contributed by atoms with Gasteiger partial charge in [-0.2, -0.15) is 0 Å². The standard InChI is InChI=1S/C16H26O4/c1-6-7-11(2)8-13(17)12-9-15(19-4)16(20-5)10-14(12)18-3/h9-11,13,17H,6-8H2,1-5H3. The molecule has 2 unspecified atom stereocenters. The van der Waals surface area contributed by atoms with E-state index in [1.165, 1.54) is 0 Å². The molecule has 0 aliphatic rings. The Balaban J connectivity index is 3.02. The molecule has 0 saturated carbocycles. The van der Waals surface area contributed by atoms with Gasteiger partial charge in [-0.1, -0.05) is 26.7 Å². The van der Waals surface area contributed by atoms with Crippen LogP contribution in [0.2, 0.25) is 0 Å². The van der Waals surface area contributed by atoms with Crippen molar-refractivity contribution in [3.63, 3.8) is 0 Å². The molecular formula is C16H26O4. The van der Waals surface area contributed by atoms with Crippen LogP contribution in [0, 0.1) is 5.92 Å². The Morgan fingerprint density at radius 3 is 2.05 bits per heavy atom. The number of hydrogen-bond acceptors (Lipinski definition) is 4. The molecule has 0 saturated heterocycles. The number of rotatable bonds is 8. The first-order valence-electron chi connectivity index (χ1n) is 7.05. The van der Waals surface area contributed by atoms with Gasteiger partial charge in [0.2, 0.25) is 0 Å². The van der Waals surface area contributed by atoms with Gasteiger partial charge in [-0.05, 0) is 18.4 Å². The largest absolute Gasteiger partial charge is 0.496 e. The minimum atomic E-state index is -0.564. The summed E-state index contributed by atoms with van der Waals surface area (Å²) in [7, 11) is 4.75.